The van der Waals surface area contributed by atoms with Crippen molar-refractivity contribution in [1.82, 2.24) is 10.2 Å². The van der Waals surface area contributed by atoms with E-state index in [4.69, 9.17) is 13.9 Å². The number of fused-ring (bicyclic) bond motifs is 1. The predicted molar refractivity (Wildman–Crippen MR) is 93.9 cm³/mol. The minimum absolute atomic E-state index is 0.0809. The predicted octanol–water partition coefficient (Wildman–Crippen LogP) is 3.53. The van der Waals surface area contributed by atoms with Crippen molar-refractivity contribution in [1.29, 1.82) is 0 Å². The fourth-order valence-electron chi connectivity index (χ4n) is 2.96. The SMILES string of the molecule is COc1ccc2c(c1)N(Cc1nnc(-c3ccccc3)o1)C[C@H](C)O2. The molecule has 1 aliphatic rings. The molecule has 0 unspecified atom stereocenters. The van der Waals surface area contributed by atoms with Gasteiger partial charge in [0, 0.05) is 11.6 Å². The second kappa shape index (κ2) is 6.47. The monoisotopic (exact) mass is 337 g/mol. The topological polar surface area (TPSA) is 60.6 Å². The summed E-state index contributed by atoms with van der Waals surface area (Å²) in [7, 11) is 1.66. The number of anilines is 1. The van der Waals surface area contributed by atoms with Gasteiger partial charge >= 0.3 is 0 Å². The standard InChI is InChI=1S/C19H19N3O3/c1-13-11-22(16-10-15(23-2)8-9-17(16)24-13)12-18-20-21-19(25-18)14-6-4-3-5-7-14/h3-10,13H,11-12H2,1-2H3/t13-/m0/s1. The van der Waals surface area contributed by atoms with E-state index >= 15 is 0 Å². The van der Waals surface area contributed by atoms with Crippen LogP contribution in [0, 0.1) is 0 Å². The van der Waals surface area contributed by atoms with Gasteiger partial charge in [-0.2, -0.15) is 0 Å². The molecule has 0 radical (unpaired) electrons. The zero-order valence-electron chi connectivity index (χ0n) is 14.2. The first-order chi connectivity index (χ1) is 12.2. The van der Waals surface area contributed by atoms with Crippen LogP contribution in [0.2, 0.25) is 0 Å². The van der Waals surface area contributed by atoms with Crippen LogP contribution in [0.5, 0.6) is 11.5 Å². The van der Waals surface area contributed by atoms with E-state index in [1.165, 1.54) is 0 Å². The number of rotatable bonds is 4. The summed E-state index contributed by atoms with van der Waals surface area (Å²) in [6.45, 7) is 3.31. The van der Waals surface area contributed by atoms with Gasteiger partial charge in [-0.25, -0.2) is 0 Å². The van der Waals surface area contributed by atoms with Crippen LogP contribution in [0.1, 0.15) is 12.8 Å². The molecule has 4 rings (SSSR count). The minimum atomic E-state index is 0.0809. The molecule has 0 fully saturated rings. The van der Waals surface area contributed by atoms with Crippen LogP contribution >= 0.6 is 0 Å². The Morgan fingerprint density at radius 3 is 2.80 bits per heavy atom. The molecule has 0 spiro atoms. The molecule has 0 bridgehead atoms. The van der Waals surface area contributed by atoms with E-state index < -0.39 is 0 Å². The van der Waals surface area contributed by atoms with Crippen molar-refractivity contribution in [2.24, 2.45) is 0 Å². The maximum absolute atomic E-state index is 5.91. The quantitative estimate of drug-likeness (QED) is 0.726. The third-order valence-electron chi connectivity index (χ3n) is 4.13. The van der Waals surface area contributed by atoms with E-state index in [1.54, 1.807) is 7.11 Å². The average molecular weight is 337 g/mol. The van der Waals surface area contributed by atoms with Crippen LogP contribution in [-0.4, -0.2) is 30.0 Å². The van der Waals surface area contributed by atoms with E-state index in [-0.39, 0.29) is 6.10 Å². The molecule has 0 N–H and O–H groups in total. The second-order valence-electron chi connectivity index (χ2n) is 6.01. The molecular weight excluding hydrogens is 318 g/mol. The van der Waals surface area contributed by atoms with E-state index in [9.17, 15) is 0 Å². The van der Waals surface area contributed by atoms with Gasteiger partial charge in [0.2, 0.25) is 11.8 Å². The number of ether oxygens (including phenoxy) is 2. The number of benzene rings is 2. The van der Waals surface area contributed by atoms with Gasteiger partial charge in [-0.1, -0.05) is 18.2 Å². The Morgan fingerprint density at radius 2 is 2.00 bits per heavy atom. The van der Waals surface area contributed by atoms with Crippen LogP contribution in [0.15, 0.2) is 52.9 Å². The zero-order valence-corrected chi connectivity index (χ0v) is 14.2. The molecule has 1 aliphatic heterocycles. The van der Waals surface area contributed by atoms with Crippen molar-refractivity contribution in [3.8, 4) is 23.0 Å². The summed E-state index contributed by atoms with van der Waals surface area (Å²) < 4.78 is 17.1. The fraction of sp³-hybridized carbons (Fsp3) is 0.263. The summed E-state index contributed by atoms with van der Waals surface area (Å²) >= 11 is 0. The number of methoxy groups -OCH3 is 1. The maximum Gasteiger partial charge on any atom is 0.247 e. The van der Waals surface area contributed by atoms with Gasteiger partial charge in [-0.3, -0.25) is 0 Å². The van der Waals surface area contributed by atoms with Crippen molar-refractivity contribution in [2.45, 2.75) is 19.6 Å². The Morgan fingerprint density at radius 1 is 1.16 bits per heavy atom. The molecule has 128 valence electrons. The van der Waals surface area contributed by atoms with Gasteiger partial charge in [0.05, 0.1) is 25.9 Å². The molecule has 6 heteroatoms. The van der Waals surface area contributed by atoms with Gasteiger partial charge in [0.15, 0.2) is 0 Å². The fourth-order valence-corrected chi connectivity index (χ4v) is 2.96. The number of nitrogens with zero attached hydrogens (tertiary/aromatic N) is 3. The molecule has 0 amide bonds. The largest absolute Gasteiger partial charge is 0.497 e. The molecule has 0 saturated carbocycles. The highest BCUT2D eigenvalue weighted by atomic mass is 16.5. The van der Waals surface area contributed by atoms with Crippen LogP contribution in [0.4, 0.5) is 5.69 Å². The first-order valence-corrected chi connectivity index (χ1v) is 8.20. The summed E-state index contributed by atoms with van der Waals surface area (Å²) in [6.07, 6.45) is 0.0809. The lowest BCUT2D eigenvalue weighted by Gasteiger charge is -2.34. The van der Waals surface area contributed by atoms with Gasteiger partial charge in [-0.05, 0) is 31.2 Å². The molecule has 2 heterocycles. The van der Waals surface area contributed by atoms with Gasteiger partial charge in [0.1, 0.15) is 17.6 Å². The third kappa shape index (κ3) is 3.15. The Bertz CT molecular complexity index is 863. The first kappa shape index (κ1) is 15.5. The lowest BCUT2D eigenvalue weighted by Crippen LogP contribution is -2.38. The number of hydrogen-bond acceptors (Lipinski definition) is 6. The summed E-state index contributed by atoms with van der Waals surface area (Å²) in [4.78, 5) is 2.17. The van der Waals surface area contributed by atoms with Gasteiger partial charge < -0.3 is 18.8 Å². The molecule has 6 nitrogen and oxygen atoms in total. The van der Waals surface area contributed by atoms with Crippen molar-refractivity contribution in [3.63, 3.8) is 0 Å². The minimum Gasteiger partial charge on any atom is -0.497 e. The average Bonchev–Trinajstić information content (AvgIpc) is 3.10. The highest BCUT2D eigenvalue weighted by Crippen LogP contribution is 2.37. The third-order valence-corrected chi connectivity index (χ3v) is 4.13. The first-order valence-electron chi connectivity index (χ1n) is 8.20. The Hall–Kier alpha value is -3.02. The van der Waals surface area contributed by atoms with Gasteiger partial charge in [0.25, 0.3) is 0 Å². The molecule has 0 aliphatic carbocycles. The molecule has 3 aromatic rings. The van der Waals surface area contributed by atoms with Crippen LogP contribution in [0.3, 0.4) is 0 Å². The molecule has 1 atom stereocenters. The molecular formula is C19H19N3O3. The lowest BCUT2D eigenvalue weighted by atomic mass is 10.2. The summed E-state index contributed by atoms with van der Waals surface area (Å²) in [5, 5.41) is 8.36. The Labute approximate surface area is 146 Å². The van der Waals surface area contributed by atoms with Crippen molar-refractivity contribution < 1.29 is 13.9 Å². The maximum atomic E-state index is 5.91. The van der Waals surface area contributed by atoms with Crippen LogP contribution in [0.25, 0.3) is 11.5 Å². The van der Waals surface area contributed by atoms with Gasteiger partial charge in [-0.15, -0.1) is 10.2 Å². The highest BCUT2D eigenvalue weighted by molar-refractivity contribution is 5.63. The molecule has 1 aromatic heterocycles. The van der Waals surface area contributed by atoms with E-state index in [0.29, 0.717) is 18.3 Å². The molecule has 25 heavy (non-hydrogen) atoms. The Kier molecular flexibility index (Phi) is 4.01. The zero-order chi connectivity index (χ0) is 17.2. The second-order valence-corrected chi connectivity index (χ2v) is 6.01. The summed E-state index contributed by atoms with van der Waals surface area (Å²) in [6, 6.07) is 15.6. The smallest absolute Gasteiger partial charge is 0.247 e. The number of hydrogen-bond donors (Lipinski definition) is 0. The van der Waals surface area contributed by atoms with Crippen molar-refractivity contribution in [2.75, 3.05) is 18.6 Å². The van der Waals surface area contributed by atoms with Crippen molar-refractivity contribution in [3.05, 3.63) is 54.4 Å². The summed E-state index contributed by atoms with van der Waals surface area (Å²) in [5.41, 5.74) is 1.88. The normalized spacial score (nSPS) is 16.2. The lowest BCUT2D eigenvalue weighted by molar-refractivity contribution is 0.210. The van der Waals surface area contributed by atoms with Crippen LogP contribution < -0.4 is 14.4 Å². The van der Waals surface area contributed by atoms with E-state index in [0.717, 1.165) is 29.3 Å². The van der Waals surface area contributed by atoms with E-state index in [1.807, 2.05) is 55.5 Å². The highest BCUT2D eigenvalue weighted by Gasteiger charge is 2.25. The molecule has 0 saturated heterocycles. The van der Waals surface area contributed by atoms with Crippen LogP contribution in [-0.2, 0) is 6.54 Å². The molecule has 2 aromatic carbocycles. The summed E-state index contributed by atoms with van der Waals surface area (Å²) in [5.74, 6) is 2.73. The van der Waals surface area contributed by atoms with E-state index in [2.05, 4.69) is 15.1 Å². The number of aromatic nitrogens is 2. The van der Waals surface area contributed by atoms with Crippen molar-refractivity contribution >= 4 is 5.69 Å². The Balaban J connectivity index is 1.60.